The van der Waals surface area contributed by atoms with Gasteiger partial charge >= 0.3 is 0 Å². The highest BCUT2D eigenvalue weighted by atomic mass is 32.2. The lowest BCUT2D eigenvalue weighted by Gasteiger charge is -2.34. The Morgan fingerprint density at radius 2 is 2.24 bits per heavy atom. The highest BCUT2D eigenvalue weighted by Crippen LogP contribution is 2.24. The van der Waals surface area contributed by atoms with Crippen molar-refractivity contribution in [3.8, 4) is 0 Å². The molecule has 4 nitrogen and oxygen atoms in total. The molecular weight excluding hydrogens is 333 g/mol. The molecule has 2 rings (SSSR count). The predicted octanol–water partition coefficient (Wildman–Crippen LogP) is 2.06. The van der Waals surface area contributed by atoms with Crippen LogP contribution in [0.15, 0.2) is 23.1 Å². The van der Waals surface area contributed by atoms with Gasteiger partial charge in [-0.25, -0.2) is 12.8 Å². The molecule has 1 aliphatic rings. The van der Waals surface area contributed by atoms with Crippen LogP contribution < -0.4 is 0 Å². The van der Waals surface area contributed by atoms with Gasteiger partial charge in [0.05, 0.1) is 0 Å². The van der Waals surface area contributed by atoms with E-state index in [0.717, 1.165) is 6.07 Å². The highest BCUT2D eigenvalue weighted by molar-refractivity contribution is 8.01. The summed E-state index contributed by atoms with van der Waals surface area (Å²) >= 11 is 5.47. The van der Waals surface area contributed by atoms with E-state index in [-0.39, 0.29) is 16.2 Å². The lowest BCUT2D eigenvalue weighted by Crippen LogP contribution is -2.50. The molecule has 1 aromatic carbocycles. The molecule has 0 bridgehead atoms. The number of halogens is 1. The molecule has 1 amide bonds. The van der Waals surface area contributed by atoms with Crippen molar-refractivity contribution in [1.82, 2.24) is 4.90 Å². The first-order chi connectivity index (χ1) is 9.86. The molecule has 1 atom stereocenters. The summed E-state index contributed by atoms with van der Waals surface area (Å²) in [6.45, 7) is 1.94. The van der Waals surface area contributed by atoms with E-state index < -0.39 is 26.9 Å². The van der Waals surface area contributed by atoms with E-state index in [2.05, 4.69) is 12.6 Å². The number of amides is 1. The molecule has 1 saturated heterocycles. The van der Waals surface area contributed by atoms with E-state index >= 15 is 0 Å². The van der Waals surface area contributed by atoms with Crippen LogP contribution in [0, 0.1) is 5.82 Å². The molecule has 0 spiro atoms. The monoisotopic (exact) mass is 349 g/mol. The lowest BCUT2D eigenvalue weighted by molar-refractivity contribution is 0.0749. The van der Waals surface area contributed by atoms with Gasteiger partial charge in [-0.3, -0.25) is 4.79 Å². The van der Waals surface area contributed by atoms with E-state index in [4.69, 9.17) is 0 Å². The quantitative estimate of drug-likeness (QED) is 0.849. The smallest absolute Gasteiger partial charge is 0.255 e. The number of hydrogen-bond acceptors (Lipinski definition) is 5. The molecule has 1 unspecified atom stereocenters. The SMILES string of the molecule is CCS(=O)(=O)C1CSCCN1C(=O)c1ccc(F)c(S)c1. The van der Waals surface area contributed by atoms with E-state index in [9.17, 15) is 17.6 Å². The number of thiol groups is 1. The van der Waals surface area contributed by atoms with Crippen LogP contribution in [0.25, 0.3) is 0 Å². The van der Waals surface area contributed by atoms with Gasteiger partial charge in [0.2, 0.25) is 0 Å². The lowest BCUT2D eigenvalue weighted by atomic mass is 10.2. The third-order valence-electron chi connectivity index (χ3n) is 3.36. The Morgan fingerprint density at radius 1 is 1.52 bits per heavy atom. The maximum absolute atomic E-state index is 13.2. The topological polar surface area (TPSA) is 54.5 Å². The van der Waals surface area contributed by atoms with Crippen molar-refractivity contribution >= 4 is 40.1 Å². The number of benzene rings is 1. The van der Waals surface area contributed by atoms with E-state index in [1.807, 2.05) is 0 Å². The fraction of sp³-hybridized carbons (Fsp3) is 0.462. The number of carbonyl (C=O) groups excluding carboxylic acids is 1. The van der Waals surface area contributed by atoms with Gasteiger partial charge in [-0.05, 0) is 18.2 Å². The minimum Gasteiger partial charge on any atom is -0.320 e. The molecule has 21 heavy (non-hydrogen) atoms. The van der Waals surface area contributed by atoms with Gasteiger partial charge in [0, 0.05) is 34.3 Å². The summed E-state index contributed by atoms with van der Waals surface area (Å²) in [5.41, 5.74) is 0.254. The number of sulfone groups is 1. The first kappa shape index (κ1) is 16.6. The zero-order valence-electron chi connectivity index (χ0n) is 11.5. The highest BCUT2D eigenvalue weighted by Gasteiger charge is 2.36. The zero-order chi connectivity index (χ0) is 15.6. The van der Waals surface area contributed by atoms with Crippen LogP contribution in [0.4, 0.5) is 4.39 Å². The van der Waals surface area contributed by atoms with Gasteiger partial charge in [-0.2, -0.15) is 11.8 Å². The number of hydrogen-bond donors (Lipinski definition) is 1. The number of nitrogens with zero attached hydrogens (tertiary/aromatic N) is 1. The van der Waals surface area contributed by atoms with Crippen molar-refractivity contribution < 1.29 is 17.6 Å². The van der Waals surface area contributed by atoms with E-state index in [1.54, 1.807) is 6.92 Å². The number of carbonyl (C=O) groups is 1. The summed E-state index contributed by atoms with van der Waals surface area (Å²) in [4.78, 5) is 14.0. The third kappa shape index (κ3) is 3.54. The Hall–Kier alpha value is -0.730. The molecule has 0 aliphatic carbocycles. The zero-order valence-corrected chi connectivity index (χ0v) is 14.0. The van der Waals surface area contributed by atoms with Crippen LogP contribution in [-0.2, 0) is 9.84 Å². The normalized spacial score (nSPS) is 19.6. The Bertz CT molecular complexity index is 648. The van der Waals surface area contributed by atoms with Gasteiger partial charge < -0.3 is 4.90 Å². The van der Waals surface area contributed by atoms with Crippen LogP contribution >= 0.6 is 24.4 Å². The van der Waals surface area contributed by atoms with Crippen LogP contribution in [0.2, 0.25) is 0 Å². The van der Waals surface area contributed by atoms with Crippen LogP contribution in [0.5, 0.6) is 0 Å². The van der Waals surface area contributed by atoms with Crippen molar-refractivity contribution in [3.05, 3.63) is 29.6 Å². The molecule has 1 heterocycles. The van der Waals surface area contributed by atoms with Gasteiger partial charge in [0.25, 0.3) is 5.91 Å². The minimum absolute atomic E-state index is 0.0107. The number of rotatable bonds is 3. The fourth-order valence-corrected chi connectivity index (χ4v) is 5.29. The summed E-state index contributed by atoms with van der Waals surface area (Å²) in [7, 11) is -3.35. The van der Waals surface area contributed by atoms with Crippen molar-refractivity contribution in [1.29, 1.82) is 0 Å². The summed E-state index contributed by atoms with van der Waals surface area (Å²) in [5, 5.41) is -0.817. The van der Waals surface area contributed by atoms with Gasteiger partial charge in [-0.1, -0.05) is 6.92 Å². The molecule has 0 N–H and O–H groups in total. The summed E-state index contributed by atoms with van der Waals surface area (Å²) < 4.78 is 37.5. The molecule has 116 valence electrons. The molecule has 0 saturated carbocycles. The molecule has 1 aromatic rings. The maximum atomic E-state index is 13.2. The summed E-state index contributed by atoms with van der Waals surface area (Å²) in [6.07, 6.45) is 0. The Kier molecular flexibility index (Phi) is 5.21. The number of thioether (sulfide) groups is 1. The van der Waals surface area contributed by atoms with Crippen LogP contribution in [-0.4, -0.2) is 48.4 Å². The van der Waals surface area contributed by atoms with Crippen LogP contribution in [0.3, 0.4) is 0 Å². The largest absolute Gasteiger partial charge is 0.320 e. The summed E-state index contributed by atoms with van der Waals surface area (Å²) in [5.74, 6) is 0.144. The maximum Gasteiger partial charge on any atom is 0.255 e. The van der Waals surface area contributed by atoms with E-state index in [0.29, 0.717) is 18.1 Å². The van der Waals surface area contributed by atoms with Gasteiger partial charge in [0.15, 0.2) is 9.84 Å². The average molecular weight is 349 g/mol. The molecule has 0 radical (unpaired) electrons. The second-order valence-electron chi connectivity index (χ2n) is 4.65. The molecule has 1 fully saturated rings. The van der Waals surface area contributed by atoms with Gasteiger partial charge in [-0.15, -0.1) is 12.6 Å². The molecule has 0 aromatic heterocycles. The Labute approximate surface area is 133 Å². The van der Waals surface area contributed by atoms with Crippen molar-refractivity contribution in [3.63, 3.8) is 0 Å². The second kappa shape index (κ2) is 6.58. The third-order valence-corrected chi connectivity index (χ3v) is 6.99. The predicted molar refractivity (Wildman–Crippen MR) is 85.3 cm³/mol. The molecule has 8 heteroatoms. The van der Waals surface area contributed by atoms with Crippen LogP contribution in [0.1, 0.15) is 17.3 Å². The molecular formula is C13H16FNO3S3. The van der Waals surface area contributed by atoms with E-state index in [1.165, 1.54) is 28.8 Å². The summed E-state index contributed by atoms with van der Waals surface area (Å²) in [6, 6.07) is 3.85. The van der Waals surface area contributed by atoms with Crippen molar-refractivity contribution in [2.45, 2.75) is 17.2 Å². The molecule has 1 aliphatic heterocycles. The first-order valence-electron chi connectivity index (χ1n) is 6.45. The van der Waals surface area contributed by atoms with Crippen molar-refractivity contribution in [2.24, 2.45) is 0 Å². The Balaban J connectivity index is 2.33. The fourth-order valence-electron chi connectivity index (χ4n) is 2.11. The van der Waals surface area contributed by atoms with Crippen molar-refractivity contribution in [2.75, 3.05) is 23.8 Å². The Morgan fingerprint density at radius 3 is 2.86 bits per heavy atom. The average Bonchev–Trinajstić information content (AvgIpc) is 2.49. The standard InChI is InChI=1S/C13H16FNO3S3/c1-2-21(17,18)12-8-20-6-5-15(12)13(16)9-3-4-10(14)11(19)7-9/h3-4,7,12,19H,2,5-6,8H2,1H3. The second-order valence-corrected chi connectivity index (χ2v) is 8.72. The first-order valence-corrected chi connectivity index (χ1v) is 9.77. The minimum atomic E-state index is -3.35. The van der Waals surface area contributed by atoms with Gasteiger partial charge in [0.1, 0.15) is 11.2 Å².